The second-order valence-corrected chi connectivity index (χ2v) is 4.91. The van der Waals surface area contributed by atoms with E-state index in [1.807, 2.05) is 24.3 Å². The zero-order chi connectivity index (χ0) is 13.2. The summed E-state index contributed by atoms with van der Waals surface area (Å²) >= 11 is 11.9. The molecule has 0 fully saturated rings. The number of nitrogens with zero attached hydrogens (tertiary/aromatic N) is 2. The fourth-order valence-corrected chi connectivity index (χ4v) is 2.31. The van der Waals surface area contributed by atoms with Gasteiger partial charge in [-0.2, -0.15) is 0 Å². The molecule has 0 unspecified atom stereocenters. The lowest BCUT2D eigenvalue weighted by Gasteiger charge is -2.06. The van der Waals surface area contributed by atoms with E-state index in [0.717, 1.165) is 16.6 Å². The maximum atomic E-state index is 5.95. The van der Waals surface area contributed by atoms with Crippen LogP contribution in [0.4, 0.5) is 11.6 Å². The van der Waals surface area contributed by atoms with Crippen LogP contribution in [0.1, 0.15) is 0 Å². The minimum Gasteiger partial charge on any atom is -0.324 e. The van der Waals surface area contributed by atoms with Crippen molar-refractivity contribution in [3.63, 3.8) is 0 Å². The first-order valence-electron chi connectivity index (χ1n) is 5.66. The second-order valence-electron chi connectivity index (χ2n) is 4.04. The molecule has 0 amide bonds. The van der Waals surface area contributed by atoms with Crippen LogP contribution in [0.15, 0.2) is 48.7 Å². The van der Waals surface area contributed by atoms with Gasteiger partial charge in [0, 0.05) is 27.3 Å². The van der Waals surface area contributed by atoms with Crippen LogP contribution >= 0.6 is 23.2 Å². The first-order valence-corrected chi connectivity index (χ1v) is 6.41. The predicted molar refractivity (Wildman–Crippen MR) is 79.3 cm³/mol. The lowest BCUT2D eigenvalue weighted by molar-refractivity contribution is 1.21. The van der Waals surface area contributed by atoms with Crippen LogP contribution in [0.2, 0.25) is 10.0 Å². The molecule has 1 N–H and O–H groups in total. The minimum absolute atomic E-state index is 0.511. The highest BCUT2D eigenvalue weighted by Gasteiger charge is 2.02. The van der Waals surface area contributed by atoms with Gasteiger partial charge in [-0.15, -0.1) is 0 Å². The van der Waals surface area contributed by atoms with Crippen LogP contribution < -0.4 is 5.32 Å². The van der Waals surface area contributed by atoms with Crippen LogP contribution in [-0.2, 0) is 0 Å². The van der Waals surface area contributed by atoms with E-state index in [9.17, 15) is 0 Å². The largest absolute Gasteiger partial charge is 0.324 e. The van der Waals surface area contributed by atoms with Crippen LogP contribution in [0, 0.1) is 0 Å². The Balaban J connectivity index is 1.96. The number of para-hydroxylation sites is 1. The van der Waals surface area contributed by atoms with Gasteiger partial charge in [0.2, 0.25) is 5.95 Å². The summed E-state index contributed by atoms with van der Waals surface area (Å²) < 4.78 is 0. The molecule has 3 rings (SSSR count). The molecule has 1 heterocycles. The van der Waals surface area contributed by atoms with Gasteiger partial charge in [0.1, 0.15) is 0 Å². The molecule has 0 aliphatic carbocycles. The zero-order valence-corrected chi connectivity index (χ0v) is 11.3. The molecular weight excluding hydrogens is 281 g/mol. The standard InChI is InChI=1S/C14H9Cl2N3/c15-10-5-11(16)7-12(6-10)18-14-17-8-9-3-1-2-4-13(9)19-14/h1-8H,(H,17,18,19). The molecule has 0 radical (unpaired) electrons. The van der Waals surface area contributed by atoms with E-state index in [-0.39, 0.29) is 0 Å². The van der Waals surface area contributed by atoms with Crippen molar-refractivity contribution in [3.8, 4) is 0 Å². The summed E-state index contributed by atoms with van der Waals surface area (Å²) in [5.74, 6) is 0.511. The highest BCUT2D eigenvalue weighted by atomic mass is 35.5. The fourth-order valence-electron chi connectivity index (χ4n) is 1.79. The molecule has 0 saturated carbocycles. The van der Waals surface area contributed by atoms with Crippen molar-refractivity contribution >= 4 is 45.7 Å². The zero-order valence-electron chi connectivity index (χ0n) is 9.77. The van der Waals surface area contributed by atoms with Crippen molar-refractivity contribution in [1.82, 2.24) is 9.97 Å². The van der Waals surface area contributed by atoms with Crippen molar-refractivity contribution in [2.45, 2.75) is 0 Å². The highest BCUT2D eigenvalue weighted by molar-refractivity contribution is 6.35. The summed E-state index contributed by atoms with van der Waals surface area (Å²) in [6.07, 6.45) is 1.77. The Hall–Kier alpha value is -1.84. The van der Waals surface area contributed by atoms with Crippen LogP contribution in [0.25, 0.3) is 10.9 Å². The Labute approximate surface area is 120 Å². The Morgan fingerprint density at radius 2 is 1.68 bits per heavy atom. The Morgan fingerprint density at radius 3 is 2.47 bits per heavy atom. The van der Waals surface area contributed by atoms with Crippen LogP contribution in [0.3, 0.4) is 0 Å². The molecule has 0 bridgehead atoms. The van der Waals surface area contributed by atoms with E-state index < -0.39 is 0 Å². The maximum Gasteiger partial charge on any atom is 0.227 e. The average Bonchev–Trinajstić information content (AvgIpc) is 2.37. The number of nitrogens with one attached hydrogen (secondary N) is 1. The molecule has 3 nitrogen and oxygen atoms in total. The third kappa shape index (κ3) is 2.78. The van der Waals surface area contributed by atoms with Gasteiger partial charge in [0.25, 0.3) is 0 Å². The number of benzene rings is 2. The smallest absolute Gasteiger partial charge is 0.227 e. The number of anilines is 2. The third-order valence-corrected chi connectivity index (χ3v) is 3.04. The Kier molecular flexibility index (Phi) is 3.23. The van der Waals surface area contributed by atoms with E-state index in [0.29, 0.717) is 16.0 Å². The molecule has 19 heavy (non-hydrogen) atoms. The molecule has 0 aliphatic heterocycles. The van der Waals surface area contributed by atoms with Crippen molar-refractivity contribution in [1.29, 1.82) is 0 Å². The summed E-state index contributed by atoms with van der Waals surface area (Å²) in [5, 5.41) is 5.22. The molecule has 1 aromatic heterocycles. The predicted octanol–water partition coefficient (Wildman–Crippen LogP) is 4.68. The van der Waals surface area contributed by atoms with Gasteiger partial charge in [-0.05, 0) is 24.3 Å². The monoisotopic (exact) mass is 289 g/mol. The molecule has 0 aliphatic rings. The molecule has 0 saturated heterocycles. The first-order chi connectivity index (χ1) is 9.20. The number of aromatic nitrogens is 2. The van der Waals surface area contributed by atoms with E-state index in [1.165, 1.54) is 0 Å². The van der Waals surface area contributed by atoms with Crippen molar-refractivity contribution in [2.75, 3.05) is 5.32 Å². The van der Waals surface area contributed by atoms with Crippen LogP contribution in [0.5, 0.6) is 0 Å². The molecule has 0 atom stereocenters. The number of hydrogen-bond donors (Lipinski definition) is 1. The van der Waals surface area contributed by atoms with Gasteiger partial charge in [0.15, 0.2) is 0 Å². The number of hydrogen-bond acceptors (Lipinski definition) is 3. The topological polar surface area (TPSA) is 37.8 Å². The number of rotatable bonds is 2. The highest BCUT2D eigenvalue weighted by Crippen LogP contribution is 2.24. The molecular formula is C14H9Cl2N3. The van der Waals surface area contributed by atoms with Gasteiger partial charge >= 0.3 is 0 Å². The second kappa shape index (κ2) is 5.03. The van der Waals surface area contributed by atoms with Crippen molar-refractivity contribution < 1.29 is 0 Å². The summed E-state index contributed by atoms with van der Waals surface area (Å²) in [5.41, 5.74) is 1.64. The van der Waals surface area contributed by atoms with Gasteiger partial charge in [0.05, 0.1) is 5.52 Å². The van der Waals surface area contributed by atoms with E-state index in [1.54, 1.807) is 24.4 Å². The maximum absolute atomic E-state index is 5.95. The fraction of sp³-hybridized carbons (Fsp3) is 0. The Morgan fingerprint density at radius 1 is 0.947 bits per heavy atom. The normalized spacial score (nSPS) is 10.6. The van der Waals surface area contributed by atoms with Gasteiger partial charge in [-0.3, -0.25) is 0 Å². The Bertz CT molecular complexity index is 723. The SMILES string of the molecule is Clc1cc(Cl)cc(Nc2ncc3ccccc3n2)c1. The minimum atomic E-state index is 0.511. The van der Waals surface area contributed by atoms with Crippen molar-refractivity contribution in [3.05, 3.63) is 58.7 Å². The molecule has 0 spiro atoms. The van der Waals surface area contributed by atoms with E-state index in [2.05, 4.69) is 15.3 Å². The number of halogens is 2. The molecule has 3 aromatic rings. The average molecular weight is 290 g/mol. The van der Waals surface area contributed by atoms with Gasteiger partial charge < -0.3 is 5.32 Å². The molecule has 5 heteroatoms. The van der Waals surface area contributed by atoms with E-state index in [4.69, 9.17) is 23.2 Å². The van der Waals surface area contributed by atoms with E-state index >= 15 is 0 Å². The summed E-state index contributed by atoms with van der Waals surface area (Å²) in [7, 11) is 0. The lowest BCUT2D eigenvalue weighted by atomic mass is 10.2. The lowest BCUT2D eigenvalue weighted by Crippen LogP contribution is -1.96. The number of fused-ring (bicyclic) bond motifs is 1. The van der Waals surface area contributed by atoms with Crippen LogP contribution in [-0.4, -0.2) is 9.97 Å². The quantitative estimate of drug-likeness (QED) is 0.744. The molecule has 94 valence electrons. The van der Waals surface area contributed by atoms with Gasteiger partial charge in [-0.1, -0.05) is 41.4 Å². The third-order valence-electron chi connectivity index (χ3n) is 2.61. The first kappa shape index (κ1) is 12.2. The summed E-state index contributed by atoms with van der Waals surface area (Å²) in [4.78, 5) is 8.67. The van der Waals surface area contributed by atoms with Gasteiger partial charge in [-0.25, -0.2) is 9.97 Å². The molecule has 2 aromatic carbocycles. The van der Waals surface area contributed by atoms with Crippen molar-refractivity contribution in [2.24, 2.45) is 0 Å². The summed E-state index contributed by atoms with van der Waals surface area (Å²) in [6, 6.07) is 13.0. The summed E-state index contributed by atoms with van der Waals surface area (Å²) in [6.45, 7) is 0.